The molecule has 1 heterocycles. The predicted molar refractivity (Wildman–Crippen MR) is 86.4 cm³/mol. The van der Waals surface area contributed by atoms with E-state index < -0.39 is 11.6 Å². The van der Waals surface area contributed by atoms with Crippen LogP contribution >= 0.6 is 31.9 Å². The number of halogens is 4. The highest BCUT2D eigenvalue weighted by Gasteiger charge is 2.15. The number of nitrogens with zero attached hydrogens (tertiary/aromatic N) is 2. The molecule has 1 N–H and O–H groups in total. The minimum Gasteiger partial charge on any atom is -0.376 e. The summed E-state index contributed by atoms with van der Waals surface area (Å²) in [6.07, 6.45) is 0.815. The second kappa shape index (κ2) is 6.87. The molecular weight excluding hydrogens is 408 g/mol. The van der Waals surface area contributed by atoms with Crippen LogP contribution in [0.25, 0.3) is 0 Å². The molecule has 0 amide bonds. The molecule has 1 aromatic heterocycles. The summed E-state index contributed by atoms with van der Waals surface area (Å²) in [7, 11) is 0. The average Bonchev–Trinajstić information content (AvgIpc) is 2.73. The maximum Gasteiger partial charge on any atom is 0.150 e. The molecule has 0 saturated carbocycles. The van der Waals surface area contributed by atoms with Crippen molar-refractivity contribution in [1.82, 2.24) is 9.78 Å². The number of anilines is 1. The molecule has 0 aliphatic rings. The molecule has 0 aliphatic heterocycles. The Hall–Kier alpha value is -0.950. The van der Waals surface area contributed by atoms with E-state index in [2.05, 4.69) is 42.3 Å². The van der Waals surface area contributed by atoms with Gasteiger partial charge >= 0.3 is 0 Å². The van der Waals surface area contributed by atoms with Crippen molar-refractivity contribution in [3.63, 3.8) is 0 Å². The lowest BCUT2D eigenvalue weighted by Crippen LogP contribution is -2.09. The van der Waals surface area contributed by atoms with E-state index in [0.717, 1.165) is 34.9 Å². The lowest BCUT2D eigenvalue weighted by molar-refractivity contribution is 0.582. The van der Waals surface area contributed by atoms with Gasteiger partial charge in [-0.1, -0.05) is 6.92 Å². The lowest BCUT2D eigenvalue weighted by atomic mass is 10.2. The Bertz CT molecular complexity index is 633. The molecule has 0 atom stereocenters. The first-order valence-corrected chi connectivity index (χ1v) is 8.18. The molecule has 0 fully saturated rings. The highest BCUT2D eigenvalue weighted by Crippen LogP contribution is 2.29. The summed E-state index contributed by atoms with van der Waals surface area (Å²) >= 11 is 6.70. The van der Waals surface area contributed by atoms with Crippen molar-refractivity contribution in [1.29, 1.82) is 0 Å². The summed E-state index contributed by atoms with van der Waals surface area (Å²) < 4.78 is 30.0. The maximum absolute atomic E-state index is 13.8. The van der Waals surface area contributed by atoms with Crippen molar-refractivity contribution < 1.29 is 8.78 Å². The molecule has 0 aliphatic carbocycles. The van der Waals surface area contributed by atoms with Gasteiger partial charge in [0, 0.05) is 17.1 Å². The van der Waals surface area contributed by atoms with Crippen molar-refractivity contribution in [3.8, 4) is 0 Å². The largest absolute Gasteiger partial charge is 0.376 e. The summed E-state index contributed by atoms with van der Waals surface area (Å²) in [6, 6.07) is 2.09. The zero-order chi connectivity index (χ0) is 15.6. The Balaban J connectivity index is 2.26. The fraction of sp³-hybridized carbons (Fsp3) is 0.357. The summed E-state index contributed by atoms with van der Waals surface area (Å²) in [5.41, 5.74) is 2.14. The van der Waals surface area contributed by atoms with E-state index in [1.165, 1.54) is 6.07 Å². The van der Waals surface area contributed by atoms with E-state index in [0.29, 0.717) is 11.0 Å². The first-order valence-electron chi connectivity index (χ1n) is 6.60. The number of aryl methyl sites for hydroxylation is 2. The van der Waals surface area contributed by atoms with Crippen LogP contribution in [0, 0.1) is 11.6 Å². The Labute approximate surface area is 139 Å². The summed E-state index contributed by atoms with van der Waals surface area (Å²) in [6.45, 7) is 5.14. The van der Waals surface area contributed by atoms with Crippen LogP contribution < -0.4 is 5.32 Å². The minimum absolute atomic E-state index is 0.241. The van der Waals surface area contributed by atoms with Crippen LogP contribution in [0.1, 0.15) is 25.2 Å². The van der Waals surface area contributed by atoms with Gasteiger partial charge in [-0.15, -0.1) is 0 Å². The molecule has 1 aromatic carbocycles. The number of benzene rings is 1. The highest BCUT2D eigenvalue weighted by atomic mass is 79.9. The van der Waals surface area contributed by atoms with Gasteiger partial charge in [0.05, 0.1) is 28.1 Å². The number of hydrogen-bond donors (Lipinski definition) is 1. The lowest BCUT2D eigenvalue weighted by Gasteiger charge is -2.11. The Morgan fingerprint density at radius 2 is 1.95 bits per heavy atom. The van der Waals surface area contributed by atoms with E-state index in [1.54, 1.807) is 0 Å². The molecule has 2 rings (SSSR count). The summed E-state index contributed by atoms with van der Waals surface area (Å²) in [5, 5.41) is 7.48. The van der Waals surface area contributed by atoms with Crippen LogP contribution in [-0.2, 0) is 19.5 Å². The third-order valence-corrected chi connectivity index (χ3v) is 4.67. The van der Waals surface area contributed by atoms with Crippen LogP contribution in [0.4, 0.5) is 14.5 Å². The van der Waals surface area contributed by atoms with Gasteiger partial charge in [-0.25, -0.2) is 8.78 Å². The molecule has 0 saturated heterocycles. The zero-order valence-electron chi connectivity index (χ0n) is 11.7. The van der Waals surface area contributed by atoms with Gasteiger partial charge < -0.3 is 5.32 Å². The van der Waals surface area contributed by atoms with Crippen molar-refractivity contribution in [2.45, 2.75) is 33.4 Å². The van der Waals surface area contributed by atoms with Gasteiger partial charge in [0.25, 0.3) is 0 Å². The second-order valence-electron chi connectivity index (χ2n) is 4.47. The monoisotopic (exact) mass is 421 g/mol. The third kappa shape index (κ3) is 3.45. The second-order valence-corrected chi connectivity index (χ2v) is 6.12. The molecule has 0 spiro atoms. The number of nitrogens with one attached hydrogen (secondary N) is 1. The summed E-state index contributed by atoms with van der Waals surface area (Å²) in [5.74, 6) is -1.24. The fourth-order valence-electron chi connectivity index (χ4n) is 2.07. The van der Waals surface area contributed by atoms with Crippen molar-refractivity contribution in [2.75, 3.05) is 5.32 Å². The van der Waals surface area contributed by atoms with Gasteiger partial charge in [-0.05, 0) is 51.3 Å². The van der Waals surface area contributed by atoms with Crippen LogP contribution in [0.15, 0.2) is 21.1 Å². The van der Waals surface area contributed by atoms with Crippen molar-refractivity contribution in [3.05, 3.63) is 44.1 Å². The standard InChI is InChI=1S/C14H15Br2F2N3/c1-3-11-13(16)12(21(4-2)20-11)7-19-14-9(15)5-8(17)6-10(14)18/h5-6,19H,3-4,7H2,1-2H3. The normalized spacial score (nSPS) is 11.0. The summed E-state index contributed by atoms with van der Waals surface area (Å²) in [4.78, 5) is 0. The Morgan fingerprint density at radius 1 is 1.24 bits per heavy atom. The molecule has 0 bridgehead atoms. The van der Waals surface area contributed by atoms with Gasteiger partial charge in [0.15, 0.2) is 0 Å². The van der Waals surface area contributed by atoms with Gasteiger partial charge in [-0.2, -0.15) is 5.10 Å². The van der Waals surface area contributed by atoms with Crippen LogP contribution in [-0.4, -0.2) is 9.78 Å². The predicted octanol–water partition coefficient (Wildman–Crippen LogP) is 4.88. The van der Waals surface area contributed by atoms with E-state index in [4.69, 9.17) is 0 Å². The van der Waals surface area contributed by atoms with Crippen molar-refractivity contribution >= 4 is 37.5 Å². The van der Waals surface area contributed by atoms with Crippen LogP contribution in [0.2, 0.25) is 0 Å². The fourth-order valence-corrected chi connectivity index (χ4v) is 3.32. The molecule has 7 heteroatoms. The van der Waals surface area contributed by atoms with E-state index in [-0.39, 0.29) is 5.69 Å². The van der Waals surface area contributed by atoms with Gasteiger partial charge in [0.2, 0.25) is 0 Å². The van der Waals surface area contributed by atoms with E-state index >= 15 is 0 Å². The molecule has 0 radical (unpaired) electrons. The molecular formula is C14H15Br2F2N3. The highest BCUT2D eigenvalue weighted by molar-refractivity contribution is 9.11. The maximum atomic E-state index is 13.8. The Morgan fingerprint density at radius 3 is 2.52 bits per heavy atom. The molecule has 114 valence electrons. The zero-order valence-corrected chi connectivity index (χ0v) is 14.9. The molecule has 21 heavy (non-hydrogen) atoms. The minimum atomic E-state index is -0.628. The topological polar surface area (TPSA) is 29.9 Å². The molecule has 2 aromatic rings. The average molecular weight is 423 g/mol. The molecule has 0 unspecified atom stereocenters. The van der Waals surface area contributed by atoms with Crippen LogP contribution in [0.5, 0.6) is 0 Å². The smallest absolute Gasteiger partial charge is 0.150 e. The molecule has 3 nitrogen and oxygen atoms in total. The number of aromatic nitrogens is 2. The van der Waals surface area contributed by atoms with E-state index in [9.17, 15) is 8.78 Å². The van der Waals surface area contributed by atoms with Gasteiger partial charge in [-0.3, -0.25) is 4.68 Å². The SMILES string of the molecule is CCc1nn(CC)c(CNc2c(F)cc(F)cc2Br)c1Br. The van der Waals surface area contributed by atoms with Crippen LogP contribution in [0.3, 0.4) is 0 Å². The quantitative estimate of drug-likeness (QED) is 0.743. The first kappa shape index (κ1) is 16.4. The number of hydrogen-bond acceptors (Lipinski definition) is 2. The van der Waals surface area contributed by atoms with Crippen molar-refractivity contribution in [2.24, 2.45) is 0 Å². The first-order chi connectivity index (χ1) is 9.97. The third-order valence-electron chi connectivity index (χ3n) is 3.13. The van der Waals surface area contributed by atoms with E-state index in [1.807, 2.05) is 18.5 Å². The van der Waals surface area contributed by atoms with Gasteiger partial charge in [0.1, 0.15) is 11.6 Å². The Kier molecular flexibility index (Phi) is 5.37. The number of rotatable bonds is 5.